The van der Waals surface area contributed by atoms with Crippen molar-refractivity contribution in [2.24, 2.45) is 0 Å². The number of nitrogens with zero attached hydrogens (tertiary/aromatic N) is 1. The number of hydrogen-bond donors (Lipinski definition) is 1. The van der Waals surface area contributed by atoms with Gasteiger partial charge in [0.2, 0.25) is 5.91 Å². The standard InChI is InChI=1S/C25H27ClN2O3/c1-3-15-27-25(30)18(2)28(16-19-11-13-21(26)14-12-19)24(29)17-31-23-10-6-8-20-7-4-5-9-22(20)23/h4-14,18H,3,15-17H2,1-2H3,(H,27,30). The summed E-state index contributed by atoms with van der Waals surface area (Å²) in [6.45, 7) is 4.41. The largest absolute Gasteiger partial charge is 0.483 e. The Morgan fingerprint density at radius 2 is 1.74 bits per heavy atom. The monoisotopic (exact) mass is 438 g/mol. The van der Waals surface area contributed by atoms with Gasteiger partial charge in [-0.1, -0.05) is 67.1 Å². The highest BCUT2D eigenvalue weighted by molar-refractivity contribution is 6.30. The van der Waals surface area contributed by atoms with Gasteiger partial charge in [-0.2, -0.15) is 0 Å². The van der Waals surface area contributed by atoms with Crippen LogP contribution in [0.3, 0.4) is 0 Å². The average molecular weight is 439 g/mol. The van der Waals surface area contributed by atoms with Gasteiger partial charge in [0.1, 0.15) is 11.8 Å². The summed E-state index contributed by atoms with van der Waals surface area (Å²) < 4.78 is 5.89. The van der Waals surface area contributed by atoms with Crippen molar-refractivity contribution in [2.75, 3.05) is 13.2 Å². The van der Waals surface area contributed by atoms with Crippen LogP contribution in [0.4, 0.5) is 0 Å². The number of amides is 2. The minimum atomic E-state index is -0.633. The number of fused-ring (bicyclic) bond motifs is 1. The van der Waals surface area contributed by atoms with E-state index in [2.05, 4.69) is 5.32 Å². The Labute approximate surface area is 188 Å². The molecule has 3 rings (SSSR count). The third-order valence-corrected chi connectivity index (χ3v) is 5.34. The van der Waals surface area contributed by atoms with Gasteiger partial charge in [-0.3, -0.25) is 9.59 Å². The zero-order valence-electron chi connectivity index (χ0n) is 17.8. The lowest BCUT2D eigenvalue weighted by Gasteiger charge is -2.28. The second-order valence-corrected chi connectivity index (χ2v) is 7.82. The highest BCUT2D eigenvalue weighted by Crippen LogP contribution is 2.25. The SMILES string of the molecule is CCCNC(=O)C(C)N(Cc1ccc(Cl)cc1)C(=O)COc1cccc2ccccc12. The molecule has 2 amide bonds. The molecule has 0 aliphatic rings. The average Bonchev–Trinajstić information content (AvgIpc) is 2.80. The molecule has 0 radical (unpaired) electrons. The van der Waals surface area contributed by atoms with Crippen molar-refractivity contribution in [1.82, 2.24) is 10.2 Å². The summed E-state index contributed by atoms with van der Waals surface area (Å²) in [6.07, 6.45) is 0.827. The van der Waals surface area contributed by atoms with Crippen LogP contribution in [-0.2, 0) is 16.1 Å². The molecule has 0 saturated carbocycles. The number of ether oxygens (including phenoxy) is 1. The number of halogens is 1. The smallest absolute Gasteiger partial charge is 0.261 e. The van der Waals surface area contributed by atoms with Crippen LogP contribution >= 0.6 is 11.6 Å². The third kappa shape index (κ3) is 5.98. The number of hydrogen-bond acceptors (Lipinski definition) is 3. The van der Waals surface area contributed by atoms with Crippen LogP contribution in [0.15, 0.2) is 66.7 Å². The molecule has 3 aromatic carbocycles. The topological polar surface area (TPSA) is 58.6 Å². The molecule has 6 heteroatoms. The molecule has 3 aromatic rings. The van der Waals surface area contributed by atoms with Gasteiger partial charge in [0.05, 0.1) is 0 Å². The van der Waals surface area contributed by atoms with Crippen LogP contribution in [0.2, 0.25) is 5.02 Å². The summed E-state index contributed by atoms with van der Waals surface area (Å²) in [5.74, 6) is 0.192. The van der Waals surface area contributed by atoms with E-state index in [1.165, 1.54) is 0 Å². The van der Waals surface area contributed by atoms with Crippen molar-refractivity contribution in [2.45, 2.75) is 32.9 Å². The quantitative estimate of drug-likeness (QED) is 0.521. The van der Waals surface area contributed by atoms with Crippen LogP contribution in [0.1, 0.15) is 25.8 Å². The summed E-state index contributed by atoms with van der Waals surface area (Å²) in [5.41, 5.74) is 0.887. The van der Waals surface area contributed by atoms with Gasteiger partial charge < -0.3 is 15.0 Å². The predicted octanol–water partition coefficient (Wildman–Crippen LogP) is 4.82. The normalized spacial score (nSPS) is 11.7. The molecule has 0 aliphatic heterocycles. The molecule has 0 fully saturated rings. The van der Waals surface area contributed by atoms with E-state index in [1.807, 2.05) is 61.5 Å². The summed E-state index contributed by atoms with van der Waals surface area (Å²) in [5, 5.41) is 5.47. The molecule has 0 saturated heterocycles. The maximum atomic E-state index is 13.1. The van der Waals surface area contributed by atoms with Gasteiger partial charge in [-0.25, -0.2) is 0 Å². The highest BCUT2D eigenvalue weighted by Gasteiger charge is 2.26. The summed E-state index contributed by atoms with van der Waals surface area (Å²) >= 11 is 5.98. The molecule has 0 bridgehead atoms. The molecule has 162 valence electrons. The summed E-state index contributed by atoms with van der Waals surface area (Å²) in [7, 11) is 0. The van der Waals surface area contributed by atoms with Gasteiger partial charge in [-0.15, -0.1) is 0 Å². The van der Waals surface area contributed by atoms with Crippen LogP contribution < -0.4 is 10.1 Å². The van der Waals surface area contributed by atoms with Gasteiger partial charge in [0, 0.05) is 23.5 Å². The first-order chi connectivity index (χ1) is 15.0. The lowest BCUT2D eigenvalue weighted by atomic mass is 10.1. The van der Waals surface area contributed by atoms with Crippen molar-refractivity contribution < 1.29 is 14.3 Å². The number of nitrogens with one attached hydrogen (secondary N) is 1. The fourth-order valence-electron chi connectivity index (χ4n) is 3.31. The Morgan fingerprint density at radius 1 is 1.03 bits per heavy atom. The molecule has 0 aromatic heterocycles. The Balaban J connectivity index is 1.77. The van der Waals surface area contributed by atoms with Crippen molar-refractivity contribution in [3.63, 3.8) is 0 Å². The number of benzene rings is 3. The maximum absolute atomic E-state index is 13.1. The van der Waals surface area contributed by atoms with Gasteiger partial charge in [-0.05, 0) is 42.5 Å². The molecule has 31 heavy (non-hydrogen) atoms. The zero-order chi connectivity index (χ0) is 22.2. The van der Waals surface area contributed by atoms with E-state index in [-0.39, 0.29) is 25.0 Å². The van der Waals surface area contributed by atoms with Crippen molar-refractivity contribution >= 4 is 34.2 Å². The van der Waals surface area contributed by atoms with Crippen LogP contribution in [0.5, 0.6) is 5.75 Å². The Morgan fingerprint density at radius 3 is 2.48 bits per heavy atom. The second-order valence-electron chi connectivity index (χ2n) is 7.38. The molecule has 0 aliphatic carbocycles. The first-order valence-corrected chi connectivity index (χ1v) is 10.8. The Hall–Kier alpha value is -3.05. The summed E-state index contributed by atoms with van der Waals surface area (Å²) in [4.78, 5) is 27.3. The van der Waals surface area contributed by atoms with E-state index >= 15 is 0 Å². The Kier molecular flexibility index (Phi) is 7.90. The van der Waals surface area contributed by atoms with Crippen LogP contribution in [-0.4, -0.2) is 35.9 Å². The maximum Gasteiger partial charge on any atom is 0.261 e. The molecule has 1 N–H and O–H groups in total. The fraction of sp³-hybridized carbons (Fsp3) is 0.280. The molecule has 0 heterocycles. The van der Waals surface area contributed by atoms with E-state index in [0.717, 1.165) is 22.8 Å². The van der Waals surface area contributed by atoms with E-state index in [4.69, 9.17) is 16.3 Å². The van der Waals surface area contributed by atoms with Crippen molar-refractivity contribution in [3.8, 4) is 5.75 Å². The van der Waals surface area contributed by atoms with Gasteiger partial charge in [0.15, 0.2) is 6.61 Å². The van der Waals surface area contributed by atoms with Crippen molar-refractivity contribution in [1.29, 1.82) is 0 Å². The molecule has 1 atom stereocenters. The molecular formula is C25H27ClN2O3. The number of rotatable bonds is 9. The first-order valence-electron chi connectivity index (χ1n) is 10.4. The first kappa shape index (κ1) is 22.6. The summed E-state index contributed by atoms with van der Waals surface area (Å²) in [6, 6.07) is 20.2. The number of carbonyl (C=O) groups is 2. The predicted molar refractivity (Wildman–Crippen MR) is 124 cm³/mol. The zero-order valence-corrected chi connectivity index (χ0v) is 18.6. The molecular weight excluding hydrogens is 412 g/mol. The minimum Gasteiger partial charge on any atom is -0.483 e. The third-order valence-electron chi connectivity index (χ3n) is 5.08. The lowest BCUT2D eigenvalue weighted by Crippen LogP contribution is -2.49. The van der Waals surface area contributed by atoms with Gasteiger partial charge >= 0.3 is 0 Å². The van der Waals surface area contributed by atoms with E-state index in [0.29, 0.717) is 17.3 Å². The number of carbonyl (C=O) groups excluding carboxylic acids is 2. The Bertz CT molecular complexity index is 1030. The second kappa shape index (κ2) is 10.8. The molecule has 1 unspecified atom stereocenters. The highest BCUT2D eigenvalue weighted by atomic mass is 35.5. The van der Waals surface area contributed by atoms with Crippen LogP contribution in [0, 0.1) is 0 Å². The fourth-order valence-corrected chi connectivity index (χ4v) is 3.43. The van der Waals surface area contributed by atoms with Crippen LogP contribution in [0.25, 0.3) is 10.8 Å². The van der Waals surface area contributed by atoms with E-state index in [1.54, 1.807) is 24.0 Å². The lowest BCUT2D eigenvalue weighted by molar-refractivity contribution is -0.142. The van der Waals surface area contributed by atoms with E-state index < -0.39 is 6.04 Å². The molecule has 0 spiro atoms. The molecule has 5 nitrogen and oxygen atoms in total. The van der Waals surface area contributed by atoms with Gasteiger partial charge in [0.25, 0.3) is 5.91 Å². The van der Waals surface area contributed by atoms with Crippen molar-refractivity contribution in [3.05, 3.63) is 77.3 Å². The minimum absolute atomic E-state index is 0.160. The van der Waals surface area contributed by atoms with E-state index in [9.17, 15) is 9.59 Å².